The van der Waals surface area contributed by atoms with Crippen LogP contribution in [-0.2, 0) is 9.53 Å². The van der Waals surface area contributed by atoms with Gasteiger partial charge in [0.05, 0.1) is 6.10 Å². The number of carbonyl (C=O) groups is 2. The maximum absolute atomic E-state index is 12.2. The van der Waals surface area contributed by atoms with E-state index in [-0.39, 0.29) is 24.0 Å². The molecule has 6 heteroatoms. The van der Waals surface area contributed by atoms with Gasteiger partial charge < -0.3 is 21.1 Å². The zero-order chi connectivity index (χ0) is 17.0. The highest BCUT2D eigenvalue weighted by atomic mass is 16.5. The van der Waals surface area contributed by atoms with Crippen molar-refractivity contribution in [3.05, 3.63) is 29.3 Å². The Balaban J connectivity index is 2.01. The SMILES string of the molecule is Cc1cc(C(=O)NC(C)C)ccc1NC(=O)[C@@H]1CC[C@H](CN)O1. The van der Waals surface area contributed by atoms with Crippen LogP contribution in [0.1, 0.15) is 42.6 Å². The van der Waals surface area contributed by atoms with Gasteiger partial charge in [-0.2, -0.15) is 0 Å². The van der Waals surface area contributed by atoms with Gasteiger partial charge in [-0.25, -0.2) is 0 Å². The van der Waals surface area contributed by atoms with Crippen molar-refractivity contribution >= 4 is 17.5 Å². The van der Waals surface area contributed by atoms with Crippen LogP contribution in [-0.4, -0.2) is 36.6 Å². The number of rotatable bonds is 5. The average Bonchev–Trinajstić information content (AvgIpc) is 2.97. The minimum absolute atomic E-state index is 0.0334. The summed E-state index contributed by atoms with van der Waals surface area (Å²) in [6.07, 6.45) is 1.00. The highest BCUT2D eigenvalue weighted by Gasteiger charge is 2.30. The van der Waals surface area contributed by atoms with Crippen molar-refractivity contribution in [2.24, 2.45) is 5.73 Å². The van der Waals surface area contributed by atoms with E-state index < -0.39 is 6.10 Å². The third-order valence-corrected chi connectivity index (χ3v) is 3.83. The average molecular weight is 319 g/mol. The second kappa shape index (κ2) is 7.57. The Labute approximate surface area is 136 Å². The number of nitrogens with two attached hydrogens (primary N) is 1. The predicted molar refractivity (Wildman–Crippen MR) is 89.4 cm³/mol. The molecule has 2 atom stereocenters. The van der Waals surface area contributed by atoms with E-state index in [1.54, 1.807) is 18.2 Å². The molecular formula is C17H25N3O3. The van der Waals surface area contributed by atoms with E-state index >= 15 is 0 Å². The summed E-state index contributed by atoms with van der Waals surface area (Å²) in [6, 6.07) is 5.30. The first-order valence-corrected chi connectivity index (χ1v) is 7.98. The molecule has 1 aromatic carbocycles. The van der Waals surface area contributed by atoms with Crippen molar-refractivity contribution in [3.8, 4) is 0 Å². The molecule has 23 heavy (non-hydrogen) atoms. The van der Waals surface area contributed by atoms with Gasteiger partial charge >= 0.3 is 0 Å². The molecule has 2 amide bonds. The molecule has 1 aliphatic rings. The van der Waals surface area contributed by atoms with Crippen LogP contribution in [0.4, 0.5) is 5.69 Å². The summed E-state index contributed by atoms with van der Waals surface area (Å²) in [5.74, 6) is -0.283. The van der Waals surface area contributed by atoms with E-state index in [1.807, 2.05) is 20.8 Å². The van der Waals surface area contributed by atoms with Gasteiger partial charge in [0, 0.05) is 23.8 Å². The Morgan fingerprint density at radius 1 is 1.35 bits per heavy atom. The Morgan fingerprint density at radius 2 is 2.09 bits per heavy atom. The van der Waals surface area contributed by atoms with Gasteiger partial charge in [-0.1, -0.05) is 0 Å². The van der Waals surface area contributed by atoms with Gasteiger partial charge in [-0.15, -0.1) is 0 Å². The van der Waals surface area contributed by atoms with Crippen molar-refractivity contribution in [2.75, 3.05) is 11.9 Å². The first kappa shape index (κ1) is 17.4. The predicted octanol–water partition coefficient (Wildman–Crippen LogP) is 1.58. The van der Waals surface area contributed by atoms with Gasteiger partial charge in [0.25, 0.3) is 11.8 Å². The zero-order valence-corrected chi connectivity index (χ0v) is 13.9. The number of amides is 2. The quantitative estimate of drug-likeness (QED) is 0.768. The van der Waals surface area contributed by atoms with Crippen LogP contribution < -0.4 is 16.4 Å². The lowest BCUT2D eigenvalue weighted by Gasteiger charge is -2.15. The summed E-state index contributed by atoms with van der Waals surface area (Å²) in [5.41, 5.74) is 7.66. The van der Waals surface area contributed by atoms with Gasteiger partial charge in [0.2, 0.25) is 0 Å². The van der Waals surface area contributed by atoms with Crippen molar-refractivity contribution in [1.29, 1.82) is 0 Å². The third kappa shape index (κ3) is 4.53. The molecule has 0 spiro atoms. The number of benzene rings is 1. The lowest BCUT2D eigenvalue weighted by Crippen LogP contribution is -2.31. The minimum Gasteiger partial charge on any atom is -0.364 e. The highest BCUT2D eigenvalue weighted by Crippen LogP contribution is 2.22. The standard InChI is InChI=1S/C17H25N3O3/c1-10(2)19-16(21)12-4-6-14(11(3)8-12)20-17(22)15-7-5-13(9-18)23-15/h4,6,8,10,13,15H,5,7,9,18H2,1-3H3,(H,19,21)(H,20,22)/t13-,15+/m1/s1. The number of nitrogens with one attached hydrogen (secondary N) is 2. The minimum atomic E-state index is -0.452. The molecule has 1 aliphatic heterocycles. The van der Waals surface area contributed by atoms with Gasteiger partial charge in [0.1, 0.15) is 6.10 Å². The van der Waals surface area contributed by atoms with E-state index in [4.69, 9.17) is 10.5 Å². The van der Waals surface area contributed by atoms with E-state index in [1.165, 1.54) is 0 Å². The number of hydrogen-bond donors (Lipinski definition) is 3. The largest absolute Gasteiger partial charge is 0.364 e. The monoisotopic (exact) mass is 319 g/mol. The van der Waals surface area contributed by atoms with E-state index in [9.17, 15) is 9.59 Å². The first-order valence-electron chi connectivity index (χ1n) is 7.98. The molecule has 0 unspecified atom stereocenters. The summed E-state index contributed by atoms with van der Waals surface area (Å²) in [6.45, 7) is 6.12. The fourth-order valence-corrected chi connectivity index (χ4v) is 2.58. The lowest BCUT2D eigenvalue weighted by molar-refractivity contribution is -0.126. The number of aryl methyl sites for hydroxylation is 1. The maximum Gasteiger partial charge on any atom is 0.253 e. The fraction of sp³-hybridized carbons (Fsp3) is 0.529. The normalized spacial score (nSPS) is 20.6. The van der Waals surface area contributed by atoms with Crippen molar-refractivity contribution in [3.63, 3.8) is 0 Å². The Morgan fingerprint density at radius 3 is 2.65 bits per heavy atom. The smallest absolute Gasteiger partial charge is 0.253 e. The van der Waals surface area contributed by atoms with E-state index in [0.29, 0.717) is 24.2 Å². The molecule has 0 aliphatic carbocycles. The molecule has 4 N–H and O–H groups in total. The van der Waals surface area contributed by atoms with Crippen LogP contribution in [0, 0.1) is 6.92 Å². The molecule has 6 nitrogen and oxygen atoms in total. The topological polar surface area (TPSA) is 93.5 Å². The zero-order valence-electron chi connectivity index (χ0n) is 13.9. The molecule has 1 aromatic rings. The van der Waals surface area contributed by atoms with E-state index in [0.717, 1.165) is 12.0 Å². The number of ether oxygens (including phenoxy) is 1. The summed E-state index contributed by atoms with van der Waals surface area (Å²) < 4.78 is 5.59. The molecule has 2 rings (SSSR count). The number of hydrogen-bond acceptors (Lipinski definition) is 4. The van der Waals surface area contributed by atoms with E-state index in [2.05, 4.69) is 10.6 Å². The van der Waals surface area contributed by atoms with Crippen LogP contribution in [0.15, 0.2) is 18.2 Å². The van der Waals surface area contributed by atoms with Gasteiger partial charge in [-0.05, 0) is 57.4 Å². The van der Waals surface area contributed by atoms with Crippen molar-refractivity contribution < 1.29 is 14.3 Å². The molecule has 1 fully saturated rings. The first-order chi connectivity index (χ1) is 10.9. The summed E-state index contributed by atoms with van der Waals surface area (Å²) in [4.78, 5) is 24.2. The second-order valence-corrected chi connectivity index (χ2v) is 6.21. The molecule has 0 radical (unpaired) electrons. The molecule has 0 aromatic heterocycles. The number of anilines is 1. The Kier molecular flexibility index (Phi) is 5.74. The van der Waals surface area contributed by atoms with Gasteiger partial charge in [-0.3, -0.25) is 9.59 Å². The molecule has 0 bridgehead atoms. The van der Waals surface area contributed by atoms with Gasteiger partial charge in [0.15, 0.2) is 0 Å². The van der Waals surface area contributed by atoms with Crippen LogP contribution in [0.5, 0.6) is 0 Å². The van der Waals surface area contributed by atoms with Crippen LogP contribution in [0.3, 0.4) is 0 Å². The van der Waals surface area contributed by atoms with Crippen molar-refractivity contribution in [2.45, 2.75) is 51.9 Å². The summed E-state index contributed by atoms with van der Waals surface area (Å²) in [7, 11) is 0. The van der Waals surface area contributed by atoms with Crippen LogP contribution in [0.2, 0.25) is 0 Å². The third-order valence-electron chi connectivity index (χ3n) is 3.83. The van der Waals surface area contributed by atoms with Crippen LogP contribution >= 0.6 is 0 Å². The van der Waals surface area contributed by atoms with Crippen LogP contribution in [0.25, 0.3) is 0 Å². The molecule has 1 heterocycles. The molecular weight excluding hydrogens is 294 g/mol. The highest BCUT2D eigenvalue weighted by molar-refractivity contribution is 5.97. The molecule has 126 valence electrons. The summed E-state index contributed by atoms with van der Waals surface area (Å²) in [5, 5.41) is 5.71. The number of carbonyl (C=O) groups excluding carboxylic acids is 2. The maximum atomic E-state index is 12.2. The second-order valence-electron chi connectivity index (χ2n) is 6.21. The molecule has 0 saturated carbocycles. The lowest BCUT2D eigenvalue weighted by atomic mass is 10.1. The Bertz CT molecular complexity index is 586. The van der Waals surface area contributed by atoms with Crippen molar-refractivity contribution in [1.82, 2.24) is 5.32 Å². The Hall–Kier alpha value is -1.92. The fourth-order valence-electron chi connectivity index (χ4n) is 2.58. The summed E-state index contributed by atoms with van der Waals surface area (Å²) >= 11 is 0. The molecule has 1 saturated heterocycles.